The van der Waals surface area contributed by atoms with Gasteiger partial charge in [-0.2, -0.15) is 0 Å². The van der Waals surface area contributed by atoms with Crippen molar-refractivity contribution in [2.45, 2.75) is 6.54 Å². The fourth-order valence-corrected chi connectivity index (χ4v) is 2.29. The third-order valence-electron chi connectivity index (χ3n) is 3.49. The van der Waals surface area contributed by atoms with Gasteiger partial charge < -0.3 is 26.2 Å². The zero-order valence-corrected chi connectivity index (χ0v) is 15.4. The number of hydrogen-bond acceptors (Lipinski definition) is 5. The molecule has 2 amide bonds. The van der Waals surface area contributed by atoms with Crippen LogP contribution >= 0.6 is 11.6 Å². The Morgan fingerprint density at radius 3 is 2.07 bits per heavy atom. The molecule has 8 nitrogen and oxygen atoms in total. The maximum Gasteiger partial charge on any atom is 0.322 e. The molecular weight excluding hydrogens is 386 g/mol. The molecule has 9 heteroatoms. The van der Waals surface area contributed by atoms with E-state index in [1.807, 2.05) is 6.07 Å². The maximum absolute atomic E-state index is 12.5. The molecule has 146 valence electrons. The number of carbonyl (C=O) groups excluding carboxylic acids is 2. The van der Waals surface area contributed by atoms with Gasteiger partial charge >= 0.3 is 5.97 Å². The van der Waals surface area contributed by atoms with Gasteiger partial charge in [-0.3, -0.25) is 14.4 Å². The van der Waals surface area contributed by atoms with E-state index in [-0.39, 0.29) is 6.54 Å². The van der Waals surface area contributed by atoms with Crippen LogP contribution in [0.25, 0.3) is 0 Å². The van der Waals surface area contributed by atoms with Gasteiger partial charge in [0.25, 0.3) is 11.8 Å². The van der Waals surface area contributed by atoms with E-state index < -0.39 is 35.8 Å². The average molecular weight is 404 g/mol. The molecule has 0 unspecified atom stereocenters. The minimum Gasteiger partial charge on any atom is -0.494 e. The molecule has 0 saturated carbocycles. The highest BCUT2D eigenvalue weighted by atomic mass is 35.5. The van der Waals surface area contributed by atoms with E-state index in [0.717, 1.165) is 5.56 Å². The van der Waals surface area contributed by atoms with Gasteiger partial charge in [0.2, 0.25) is 5.88 Å². The first-order chi connectivity index (χ1) is 13.4. The molecule has 0 saturated heterocycles. The van der Waals surface area contributed by atoms with E-state index in [4.69, 9.17) is 16.7 Å². The van der Waals surface area contributed by atoms with Crippen LogP contribution in [-0.4, -0.2) is 34.5 Å². The standard InChI is InChI=1S/C19H18ClN3O5/c20-13-6-8-14(9-7-13)23-19(28)16(18(27)22-11-15(24)25)17(26)21-10-12-4-2-1-3-5-12/h1-9,23,28H,10-11H2,(H,21,26)(H,22,27)(H,24,25)/b19-16-. The normalized spacial score (nSPS) is 11.2. The molecule has 0 heterocycles. The third-order valence-corrected chi connectivity index (χ3v) is 3.75. The number of carboxylic acid groups (broad SMARTS) is 1. The number of anilines is 1. The number of hydrogen-bond donors (Lipinski definition) is 5. The van der Waals surface area contributed by atoms with E-state index >= 15 is 0 Å². The number of nitrogens with one attached hydrogen (secondary N) is 3. The summed E-state index contributed by atoms with van der Waals surface area (Å²) in [6, 6.07) is 15.1. The summed E-state index contributed by atoms with van der Waals surface area (Å²) in [5, 5.41) is 26.6. The number of aliphatic hydroxyl groups is 1. The highest BCUT2D eigenvalue weighted by molar-refractivity contribution is 6.30. The van der Waals surface area contributed by atoms with Crippen molar-refractivity contribution in [1.82, 2.24) is 10.6 Å². The first-order valence-corrected chi connectivity index (χ1v) is 8.52. The predicted molar refractivity (Wildman–Crippen MR) is 104 cm³/mol. The van der Waals surface area contributed by atoms with Crippen LogP contribution in [0.2, 0.25) is 5.02 Å². The van der Waals surface area contributed by atoms with Crippen LogP contribution in [0.5, 0.6) is 0 Å². The number of amides is 2. The summed E-state index contributed by atoms with van der Waals surface area (Å²) in [6.07, 6.45) is 0. The lowest BCUT2D eigenvalue weighted by atomic mass is 10.2. The first kappa shape index (κ1) is 20.8. The number of carbonyl (C=O) groups is 3. The fourth-order valence-electron chi connectivity index (χ4n) is 2.16. The smallest absolute Gasteiger partial charge is 0.322 e. The molecule has 0 aliphatic heterocycles. The van der Waals surface area contributed by atoms with Crippen molar-refractivity contribution in [3.63, 3.8) is 0 Å². The van der Waals surface area contributed by atoms with E-state index in [0.29, 0.717) is 10.7 Å². The Labute approximate surface area is 165 Å². The molecule has 5 N–H and O–H groups in total. The van der Waals surface area contributed by atoms with Crippen molar-refractivity contribution in [3.8, 4) is 0 Å². The fraction of sp³-hybridized carbons (Fsp3) is 0.105. The third kappa shape index (κ3) is 6.33. The van der Waals surface area contributed by atoms with Gasteiger partial charge in [-0.1, -0.05) is 41.9 Å². The predicted octanol–water partition coefficient (Wildman–Crippen LogP) is 2.04. The highest BCUT2D eigenvalue weighted by Gasteiger charge is 2.24. The molecule has 0 radical (unpaired) electrons. The minimum absolute atomic E-state index is 0.115. The van der Waals surface area contributed by atoms with Gasteiger partial charge in [-0.05, 0) is 29.8 Å². The van der Waals surface area contributed by atoms with Crippen LogP contribution in [0.1, 0.15) is 5.56 Å². The van der Waals surface area contributed by atoms with Crippen LogP contribution in [-0.2, 0) is 20.9 Å². The van der Waals surface area contributed by atoms with Gasteiger partial charge in [0.1, 0.15) is 6.54 Å². The SMILES string of the molecule is O=C(O)CNC(=O)/C(C(=O)NCc1ccccc1)=C(\O)Nc1ccc(Cl)cc1. The van der Waals surface area contributed by atoms with E-state index in [9.17, 15) is 19.5 Å². The van der Waals surface area contributed by atoms with Crippen LogP contribution < -0.4 is 16.0 Å². The largest absolute Gasteiger partial charge is 0.494 e. The zero-order chi connectivity index (χ0) is 20.5. The number of benzene rings is 2. The Kier molecular flexibility index (Phi) is 7.41. The molecule has 0 aliphatic rings. The van der Waals surface area contributed by atoms with Crippen molar-refractivity contribution < 1.29 is 24.6 Å². The van der Waals surface area contributed by atoms with Crippen LogP contribution in [0.15, 0.2) is 66.1 Å². The maximum atomic E-state index is 12.5. The molecule has 2 aromatic rings. The number of aliphatic hydroxyl groups excluding tert-OH is 1. The molecule has 0 atom stereocenters. The second-order valence-corrected chi connectivity index (χ2v) is 6.04. The molecule has 0 bridgehead atoms. The number of carboxylic acids is 1. The van der Waals surface area contributed by atoms with Crippen molar-refractivity contribution in [2.24, 2.45) is 0 Å². The van der Waals surface area contributed by atoms with E-state index in [1.165, 1.54) is 12.1 Å². The number of aliphatic carboxylic acids is 1. The molecule has 28 heavy (non-hydrogen) atoms. The quantitative estimate of drug-likeness (QED) is 0.198. The summed E-state index contributed by atoms with van der Waals surface area (Å²) in [4.78, 5) is 35.4. The van der Waals surface area contributed by atoms with Gasteiger partial charge in [-0.15, -0.1) is 0 Å². The number of rotatable bonds is 8. The lowest BCUT2D eigenvalue weighted by Gasteiger charge is -2.13. The highest BCUT2D eigenvalue weighted by Crippen LogP contribution is 2.16. The summed E-state index contributed by atoms with van der Waals surface area (Å²) < 4.78 is 0. The van der Waals surface area contributed by atoms with Crippen molar-refractivity contribution in [3.05, 3.63) is 76.6 Å². The molecular formula is C19H18ClN3O5. The first-order valence-electron chi connectivity index (χ1n) is 8.14. The second kappa shape index (κ2) is 9.98. The Hall–Kier alpha value is -3.52. The summed E-state index contributed by atoms with van der Waals surface area (Å²) in [5.41, 5.74) is 0.514. The Morgan fingerprint density at radius 1 is 0.857 bits per heavy atom. The summed E-state index contributed by atoms with van der Waals surface area (Å²) in [7, 11) is 0. The van der Waals surface area contributed by atoms with Gasteiger partial charge in [0.05, 0.1) is 0 Å². The Bertz CT molecular complexity index is 882. The van der Waals surface area contributed by atoms with E-state index in [2.05, 4.69) is 16.0 Å². The van der Waals surface area contributed by atoms with Gasteiger partial charge in [0.15, 0.2) is 5.57 Å². The second-order valence-electron chi connectivity index (χ2n) is 5.60. The van der Waals surface area contributed by atoms with Gasteiger partial charge in [0, 0.05) is 17.3 Å². The van der Waals surface area contributed by atoms with Crippen molar-refractivity contribution >= 4 is 35.1 Å². The van der Waals surface area contributed by atoms with Crippen LogP contribution in [0, 0.1) is 0 Å². The molecule has 2 rings (SSSR count). The minimum atomic E-state index is -1.29. The Morgan fingerprint density at radius 2 is 1.46 bits per heavy atom. The monoisotopic (exact) mass is 403 g/mol. The summed E-state index contributed by atoms with van der Waals surface area (Å²) in [6.45, 7) is -0.591. The van der Waals surface area contributed by atoms with Crippen LogP contribution in [0.4, 0.5) is 5.69 Å². The molecule has 2 aromatic carbocycles. The summed E-state index contributed by atoms with van der Waals surface area (Å²) in [5.74, 6) is -3.92. The lowest BCUT2D eigenvalue weighted by Crippen LogP contribution is -2.38. The van der Waals surface area contributed by atoms with E-state index in [1.54, 1.807) is 36.4 Å². The lowest BCUT2D eigenvalue weighted by molar-refractivity contribution is -0.137. The topological polar surface area (TPSA) is 128 Å². The summed E-state index contributed by atoms with van der Waals surface area (Å²) >= 11 is 5.80. The zero-order valence-electron chi connectivity index (χ0n) is 14.6. The molecule has 0 aliphatic carbocycles. The molecule has 0 fully saturated rings. The van der Waals surface area contributed by atoms with Crippen molar-refractivity contribution in [2.75, 3.05) is 11.9 Å². The number of halogens is 1. The molecule has 0 spiro atoms. The Balaban J connectivity index is 2.21. The molecule has 0 aromatic heterocycles. The van der Waals surface area contributed by atoms with Crippen LogP contribution in [0.3, 0.4) is 0 Å². The average Bonchev–Trinajstić information content (AvgIpc) is 2.67. The van der Waals surface area contributed by atoms with Gasteiger partial charge in [-0.25, -0.2) is 0 Å². The van der Waals surface area contributed by atoms with Crippen molar-refractivity contribution in [1.29, 1.82) is 0 Å².